The van der Waals surface area contributed by atoms with Crippen molar-refractivity contribution < 1.29 is 18.7 Å². The van der Waals surface area contributed by atoms with Crippen molar-refractivity contribution in [3.05, 3.63) is 59.9 Å². The molecule has 0 atom stereocenters. The van der Waals surface area contributed by atoms with Crippen LogP contribution < -0.4 is 15.0 Å². The molecule has 0 aliphatic heterocycles. The first-order valence-corrected chi connectivity index (χ1v) is 8.43. The number of hydrogen-bond acceptors (Lipinski definition) is 3. The van der Waals surface area contributed by atoms with Crippen molar-refractivity contribution in [1.29, 1.82) is 0 Å². The van der Waals surface area contributed by atoms with Gasteiger partial charge in [0, 0.05) is 38.2 Å². The maximum absolute atomic E-state index is 13.5. The van der Waals surface area contributed by atoms with Gasteiger partial charge in [0.05, 0.1) is 7.11 Å². The molecule has 2 aromatic carbocycles. The van der Waals surface area contributed by atoms with Gasteiger partial charge in [0.2, 0.25) is 11.8 Å². The molecular formula is C20H23FN2O3. The number of nitrogens with zero attached hydrogens (tertiary/aromatic N) is 1. The van der Waals surface area contributed by atoms with Crippen LogP contribution in [0.25, 0.3) is 0 Å². The predicted octanol–water partition coefficient (Wildman–Crippen LogP) is 2.94. The Hall–Kier alpha value is -2.89. The van der Waals surface area contributed by atoms with Crippen LogP contribution in [0.5, 0.6) is 5.75 Å². The summed E-state index contributed by atoms with van der Waals surface area (Å²) in [4.78, 5) is 25.5. The molecule has 2 amide bonds. The van der Waals surface area contributed by atoms with Crippen molar-refractivity contribution in [2.75, 3.05) is 25.1 Å². The molecule has 0 aliphatic rings. The van der Waals surface area contributed by atoms with Gasteiger partial charge in [-0.05, 0) is 30.2 Å². The van der Waals surface area contributed by atoms with Crippen LogP contribution in [0.2, 0.25) is 0 Å². The zero-order valence-corrected chi connectivity index (χ0v) is 15.0. The number of carbonyl (C=O) groups is 2. The lowest BCUT2D eigenvalue weighted by Gasteiger charge is -2.21. The summed E-state index contributed by atoms with van der Waals surface area (Å²) in [6, 6.07) is 13.6. The third-order valence-electron chi connectivity index (χ3n) is 3.98. The molecule has 0 aliphatic carbocycles. The van der Waals surface area contributed by atoms with E-state index in [0.717, 1.165) is 0 Å². The van der Waals surface area contributed by atoms with E-state index in [-0.39, 0.29) is 30.6 Å². The van der Waals surface area contributed by atoms with Crippen molar-refractivity contribution in [3.63, 3.8) is 0 Å². The Kier molecular flexibility index (Phi) is 7.14. The van der Waals surface area contributed by atoms with Gasteiger partial charge in [-0.2, -0.15) is 0 Å². The van der Waals surface area contributed by atoms with E-state index in [1.165, 1.54) is 17.9 Å². The standard InChI is InChI=1S/C20H23FN2O3/c1-15(24)23(17-7-5-8-18(14-17)26-2)13-11-20(25)22-12-10-16-6-3-4-9-19(16)21/h3-9,14H,10-13H2,1-2H3,(H,22,25). The summed E-state index contributed by atoms with van der Waals surface area (Å²) in [7, 11) is 1.56. The van der Waals surface area contributed by atoms with Gasteiger partial charge in [-0.3, -0.25) is 9.59 Å². The zero-order valence-electron chi connectivity index (χ0n) is 15.0. The molecule has 5 nitrogen and oxygen atoms in total. The number of nitrogens with one attached hydrogen (secondary N) is 1. The molecule has 138 valence electrons. The molecule has 0 radical (unpaired) electrons. The van der Waals surface area contributed by atoms with Gasteiger partial charge in [0.1, 0.15) is 11.6 Å². The molecule has 6 heteroatoms. The van der Waals surface area contributed by atoms with Gasteiger partial charge >= 0.3 is 0 Å². The lowest BCUT2D eigenvalue weighted by atomic mass is 10.1. The average molecular weight is 358 g/mol. The van der Waals surface area contributed by atoms with Gasteiger partial charge in [-0.1, -0.05) is 24.3 Å². The molecular weight excluding hydrogens is 335 g/mol. The maximum Gasteiger partial charge on any atom is 0.223 e. The summed E-state index contributed by atoms with van der Waals surface area (Å²) in [5, 5.41) is 2.76. The predicted molar refractivity (Wildman–Crippen MR) is 98.8 cm³/mol. The Balaban J connectivity index is 1.85. The molecule has 0 spiro atoms. The van der Waals surface area contributed by atoms with Crippen LogP contribution in [0.3, 0.4) is 0 Å². The minimum absolute atomic E-state index is 0.155. The van der Waals surface area contributed by atoms with Gasteiger partial charge in [-0.25, -0.2) is 4.39 Å². The molecule has 1 N–H and O–H groups in total. The van der Waals surface area contributed by atoms with E-state index in [9.17, 15) is 14.0 Å². The van der Waals surface area contributed by atoms with E-state index in [1.807, 2.05) is 0 Å². The van der Waals surface area contributed by atoms with Crippen molar-refractivity contribution in [1.82, 2.24) is 5.32 Å². The fraction of sp³-hybridized carbons (Fsp3) is 0.300. The molecule has 0 saturated heterocycles. The molecule has 0 fully saturated rings. The number of ether oxygens (including phenoxy) is 1. The highest BCUT2D eigenvalue weighted by Gasteiger charge is 2.14. The van der Waals surface area contributed by atoms with Crippen LogP contribution in [-0.2, 0) is 16.0 Å². The van der Waals surface area contributed by atoms with Crippen molar-refractivity contribution in [3.8, 4) is 5.75 Å². The van der Waals surface area contributed by atoms with Crippen molar-refractivity contribution in [2.24, 2.45) is 0 Å². The highest BCUT2D eigenvalue weighted by atomic mass is 19.1. The first-order chi connectivity index (χ1) is 12.5. The number of halogens is 1. The number of anilines is 1. The van der Waals surface area contributed by atoms with Crippen molar-refractivity contribution in [2.45, 2.75) is 19.8 Å². The Labute approximate surface area is 152 Å². The van der Waals surface area contributed by atoms with E-state index >= 15 is 0 Å². The molecule has 0 aromatic heterocycles. The summed E-state index contributed by atoms with van der Waals surface area (Å²) in [6.45, 7) is 2.06. The van der Waals surface area contributed by atoms with Crippen LogP contribution in [0, 0.1) is 5.82 Å². The second-order valence-corrected chi connectivity index (χ2v) is 5.81. The zero-order chi connectivity index (χ0) is 18.9. The van der Waals surface area contributed by atoms with Crippen LogP contribution in [0.1, 0.15) is 18.9 Å². The van der Waals surface area contributed by atoms with Crippen LogP contribution >= 0.6 is 0 Å². The Bertz CT molecular complexity index is 764. The second kappa shape index (κ2) is 9.56. The average Bonchev–Trinajstić information content (AvgIpc) is 2.63. The molecule has 0 saturated carbocycles. The summed E-state index contributed by atoms with van der Waals surface area (Å²) in [6.07, 6.45) is 0.582. The lowest BCUT2D eigenvalue weighted by Crippen LogP contribution is -2.34. The third-order valence-corrected chi connectivity index (χ3v) is 3.98. The molecule has 0 bridgehead atoms. The lowest BCUT2D eigenvalue weighted by molar-refractivity contribution is -0.121. The molecule has 2 rings (SSSR count). The quantitative estimate of drug-likeness (QED) is 0.789. The highest BCUT2D eigenvalue weighted by Crippen LogP contribution is 2.21. The Morgan fingerprint density at radius 3 is 2.62 bits per heavy atom. The minimum atomic E-state index is -0.275. The Morgan fingerprint density at radius 1 is 1.15 bits per heavy atom. The van der Waals surface area contributed by atoms with Crippen LogP contribution in [-0.4, -0.2) is 32.0 Å². The summed E-state index contributed by atoms with van der Waals surface area (Å²) >= 11 is 0. The largest absolute Gasteiger partial charge is 0.497 e. The summed E-state index contributed by atoms with van der Waals surface area (Å²) in [5.41, 5.74) is 1.24. The summed E-state index contributed by atoms with van der Waals surface area (Å²) in [5.74, 6) is 0.0264. The first kappa shape index (κ1) is 19.4. The topological polar surface area (TPSA) is 58.6 Å². The van der Waals surface area contributed by atoms with Crippen LogP contribution in [0.4, 0.5) is 10.1 Å². The SMILES string of the molecule is COc1cccc(N(CCC(=O)NCCc2ccccc2F)C(C)=O)c1. The van der Waals surface area contributed by atoms with E-state index < -0.39 is 0 Å². The molecule has 0 heterocycles. The number of carbonyl (C=O) groups excluding carboxylic acids is 2. The van der Waals surface area contributed by atoms with E-state index in [2.05, 4.69) is 5.32 Å². The van der Waals surface area contributed by atoms with Gasteiger partial charge in [0.15, 0.2) is 0 Å². The van der Waals surface area contributed by atoms with Gasteiger partial charge in [-0.15, -0.1) is 0 Å². The first-order valence-electron chi connectivity index (χ1n) is 8.43. The fourth-order valence-electron chi connectivity index (χ4n) is 2.59. The molecule has 2 aromatic rings. The summed E-state index contributed by atoms with van der Waals surface area (Å²) < 4.78 is 18.7. The normalized spacial score (nSPS) is 10.3. The van der Waals surface area contributed by atoms with Crippen LogP contribution in [0.15, 0.2) is 48.5 Å². The number of rotatable bonds is 8. The maximum atomic E-state index is 13.5. The molecule has 0 unspecified atom stereocenters. The van der Waals surface area contributed by atoms with Gasteiger partial charge < -0.3 is 15.0 Å². The number of hydrogen-bond donors (Lipinski definition) is 1. The Morgan fingerprint density at radius 2 is 1.92 bits per heavy atom. The van der Waals surface area contributed by atoms with Gasteiger partial charge in [0.25, 0.3) is 0 Å². The fourth-order valence-corrected chi connectivity index (χ4v) is 2.59. The number of amides is 2. The van der Waals surface area contributed by atoms with E-state index in [4.69, 9.17) is 4.74 Å². The number of methoxy groups -OCH3 is 1. The van der Waals surface area contributed by atoms with Crippen molar-refractivity contribution >= 4 is 17.5 Å². The third kappa shape index (κ3) is 5.58. The highest BCUT2D eigenvalue weighted by molar-refractivity contribution is 5.92. The second-order valence-electron chi connectivity index (χ2n) is 5.81. The van der Waals surface area contributed by atoms with E-state index in [0.29, 0.717) is 30.0 Å². The number of benzene rings is 2. The molecule has 26 heavy (non-hydrogen) atoms. The minimum Gasteiger partial charge on any atom is -0.497 e. The van der Waals surface area contributed by atoms with E-state index in [1.54, 1.807) is 49.6 Å². The smallest absolute Gasteiger partial charge is 0.223 e. The monoisotopic (exact) mass is 358 g/mol.